The van der Waals surface area contributed by atoms with Gasteiger partial charge in [0.05, 0.1) is 5.02 Å². The van der Waals surface area contributed by atoms with E-state index in [1.807, 2.05) is 6.92 Å². The summed E-state index contributed by atoms with van der Waals surface area (Å²) in [4.78, 5) is -0.438. The number of nitrogens with zero attached hydrogens (tertiary/aromatic N) is 1. The molecule has 2 atom stereocenters. The van der Waals surface area contributed by atoms with Gasteiger partial charge in [-0.05, 0) is 37.8 Å². The van der Waals surface area contributed by atoms with Crippen LogP contribution >= 0.6 is 24.0 Å². The minimum Gasteiger partial charge on any atom is -0.328 e. The van der Waals surface area contributed by atoms with Crippen LogP contribution in [-0.4, -0.2) is 31.9 Å². The van der Waals surface area contributed by atoms with Crippen molar-refractivity contribution in [1.29, 1.82) is 0 Å². The molecule has 1 fully saturated rings. The molecule has 120 valence electrons. The number of hydrogen-bond donors (Lipinski definition) is 1. The first-order chi connectivity index (χ1) is 9.34. The summed E-state index contributed by atoms with van der Waals surface area (Å²) < 4.78 is 40.2. The Hall–Kier alpha value is -0.400. The van der Waals surface area contributed by atoms with Crippen LogP contribution in [0.1, 0.15) is 19.8 Å². The first-order valence-electron chi connectivity index (χ1n) is 6.53. The van der Waals surface area contributed by atoms with Crippen LogP contribution in [0.3, 0.4) is 0 Å². The van der Waals surface area contributed by atoms with Crippen molar-refractivity contribution in [3.05, 3.63) is 29.0 Å². The molecular weight excluding hydrogens is 338 g/mol. The van der Waals surface area contributed by atoms with Gasteiger partial charge in [0.25, 0.3) is 0 Å². The monoisotopic (exact) mass is 356 g/mol. The molecule has 0 saturated carbocycles. The molecule has 1 saturated heterocycles. The number of rotatable bonds is 3. The summed E-state index contributed by atoms with van der Waals surface area (Å²) in [6.45, 7) is 2.54. The van der Waals surface area contributed by atoms with E-state index in [1.165, 1.54) is 16.4 Å². The van der Waals surface area contributed by atoms with Crippen molar-refractivity contribution in [2.24, 2.45) is 11.7 Å². The summed E-state index contributed by atoms with van der Waals surface area (Å²) in [7, 11) is -3.92. The van der Waals surface area contributed by atoms with E-state index in [9.17, 15) is 12.8 Å². The van der Waals surface area contributed by atoms with Gasteiger partial charge in [0, 0.05) is 19.1 Å². The first-order valence-corrected chi connectivity index (χ1v) is 8.35. The zero-order valence-electron chi connectivity index (χ0n) is 11.6. The third-order valence-corrected chi connectivity index (χ3v) is 6.05. The molecule has 0 radical (unpaired) electrons. The SMILES string of the molecule is CC(N)C1CCCN(S(=O)(=O)c2c(F)cccc2Cl)C1.Cl. The Balaban J connectivity index is 0.00000220. The van der Waals surface area contributed by atoms with E-state index in [0.29, 0.717) is 13.1 Å². The van der Waals surface area contributed by atoms with Gasteiger partial charge in [-0.2, -0.15) is 4.31 Å². The highest BCUT2D eigenvalue weighted by Gasteiger charge is 2.34. The predicted molar refractivity (Wildman–Crippen MR) is 83.8 cm³/mol. The highest BCUT2D eigenvalue weighted by atomic mass is 35.5. The van der Waals surface area contributed by atoms with Crippen LogP contribution in [0.2, 0.25) is 5.02 Å². The molecule has 2 unspecified atom stereocenters. The van der Waals surface area contributed by atoms with E-state index < -0.39 is 20.7 Å². The summed E-state index contributed by atoms with van der Waals surface area (Å²) in [5.74, 6) is -0.732. The minimum absolute atomic E-state index is 0. The van der Waals surface area contributed by atoms with Crippen molar-refractivity contribution in [2.45, 2.75) is 30.7 Å². The minimum atomic E-state index is -3.92. The molecule has 2 rings (SSSR count). The van der Waals surface area contributed by atoms with Gasteiger partial charge in [0.1, 0.15) is 10.7 Å². The van der Waals surface area contributed by atoms with E-state index in [-0.39, 0.29) is 29.4 Å². The fourth-order valence-corrected chi connectivity index (χ4v) is 4.58. The van der Waals surface area contributed by atoms with Gasteiger partial charge in [0.15, 0.2) is 0 Å². The lowest BCUT2D eigenvalue weighted by Crippen LogP contribution is -2.45. The quantitative estimate of drug-likeness (QED) is 0.905. The zero-order chi connectivity index (χ0) is 14.9. The molecule has 1 aromatic carbocycles. The van der Waals surface area contributed by atoms with Crippen molar-refractivity contribution in [3.8, 4) is 0 Å². The van der Waals surface area contributed by atoms with Crippen LogP contribution in [0.4, 0.5) is 4.39 Å². The van der Waals surface area contributed by atoms with Gasteiger partial charge in [-0.1, -0.05) is 17.7 Å². The smallest absolute Gasteiger partial charge is 0.247 e. The normalized spacial score (nSPS) is 21.6. The van der Waals surface area contributed by atoms with Crippen LogP contribution in [0.15, 0.2) is 23.1 Å². The molecule has 21 heavy (non-hydrogen) atoms. The summed E-state index contributed by atoms with van der Waals surface area (Å²) in [6.07, 6.45) is 1.60. The van der Waals surface area contributed by atoms with E-state index in [1.54, 1.807) is 0 Å². The highest BCUT2D eigenvalue weighted by Crippen LogP contribution is 2.30. The fraction of sp³-hybridized carbons (Fsp3) is 0.538. The second-order valence-corrected chi connectivity index (χ2v) is 7.46. The Kier molecular flexibility index (Phi) is 6.43. The summed E-state index contributed by atoms with van der Waals surface area (Å²) >= 11 is 5.86. The Bertz CT molecular complexity index is 576. The molecule has 2 N–H and O–H groups in total. The van der Waals surface area contributed by atoms with Gasteiger partial charge < -0.3 is 5.73 Å². The van der Waals surface area contributed by atoms with Crippen LogP contribution in [0, 0.1) is 11.7 Å². The molecule has 0 spiro atoms. The maximum Gasteiger partial charge on any atom is 0.247 e. The number of hydrogen-bond acceptors (Lipinski definition) is 3. The van der Waals surface area contributed by atoms with Gasteiger partial charge in [-0.25, -0.2) is 12.8 Å². The first kappa shape index (κ1) is 18.6. The third-order valence-electron chi connectivity index (χ3n) is 3.68. The topological polar surface area (TPSA) is 63.4 Å². The van der Waals surface area contributed by atoms with Crippen LogP contribution < -0.4 is 5.73 Å². The summed E-state index contributed by atoms with van der Waals surface area (Å²) in [6, 6.07) is 3.78. The second kappa shape index (κ2) is 7.24. The second-order valence-electron chi connectivity index (χ2n) is 5.18. The van der Waals surface area contributed by atoms with Crippen LogP contribution in [0.5, 0.6) is 0 Å². The van der Waals surface area contributed by atoms with Crippen molar-refractivity contribution in [3.63, 3.8) is 0 Å². The van der Waals surface area contributed by atoms with Gasteiger partial charge >= 0.3 is 0 Å². The summed E-state index contributed by atoms with van der Waals surface area (Å²) in [5, 5.41) is -0.0899. The zero-order valence-corrected chi connectivity index (χ0v) is 14.0. The average molecular weight is 357 g/mol. The molecule has 0 amide bonds. The largest absolute Gasteiger partial charge is 0.328 e. The lowest BCUT2D eigenvalue weighted by molar-refractivity contribution is 0.242. The molecule has 0 aromatic heterocycles. The van der Waals surface area contributed by atoms with E-state index in [4.69, 9.17) is 17.3 Å². The Morgan fingerprint density at radius 1 is 1.48 bits per heavy atom. The van der Waals surface area contributed by atoms with Gasteiger partial charge in [-0.3, -0.25) is 0 Å². The predicted octanol–water partition coefficient (Wildman–Crippen LogP) is 2.65. The number of halogens is 3. The van der Waals surface area contributed by atoms with Crippen molar-refractivity contribution in [1.82, 2.24) is 4.31 Å². The Morgan fingerprint density at radius 3 is 2.71 bits per heavy atom. The van der Waals surface area contributed by atoms with Crippen molar-refractivity contribution in [2.75, 3.05) is 13.1 Å². The number of piperidine rings is 1. The maximum absolute atomic E-state index is 13.8. The molecule has 0 bridgehead atoms. The average Bonchev–Trinajstić information content (AvgIpc) is 2.38. The van der Waals surface area contributed by atoms with Gasteiger partial charge in [0.2, 0.25) is 10.0 Å². The van der Waals surface area contributed by atoms with E-state index in [0.717, 1.165) is 18.9 Å². The molecule has 1 aliphatic rings. The molecule has 1 heterocycles. The molecule has 8 heteroatoms. The third kappa shape index (κ3) is 3.87. The van der Waals surface area contributed by atoms with Crippen molar-refractivity contribution < 1.29 is 12.8 Å². The van der Waals surface area contributed by atoms with Crippen molar-refractivity contribution >= 4 is 34.0 Å². The van der Waals surface area contributed by atoms with Gasteiger partial charge in [-0.15, -0.1) is 12.4 Å². The molecular formula is C13H19Cl2FN2O2S. The van der Waals surface area contributed by atoms with E-state index in [2.05, 4.69) is 0 Å². The van der Waals surface area contributed by atoms with Crippen LogP contribution in [-0.2, 0) is 10.0 Å². The van der Waals surface area contributed by atoms with E-state index >= 15 is 0 Å². The van der Waals surface area contributed by atoms with Crippen LogP contribution in [0.25, 0.3) is 0 Å². The Morgan fingerprint density at radius 2 is 2.14 bits per heavy atom. The lowest BCUT2D eigenvalue weighted by Gasteiger charge is -2.33. The number of benzene rings is 1. The standard InChI is InChI=1S/C13H18ClFN2O2S.ClH/c1-9(16)10-4-3-7-17(8-10)20(18,19)13-11(14)5-2-6-12(13)15;/h2,5-6,9-10H,3-4,7-8,16H2,1H3;1H. The lowest BCUT2D eigenvalue weighted by atomic mass is 9.93. The fourth-order valence-electron chi connectivity index (χ4n) is 2.48. The maximum atomic E-state index is 13.8. The molecule has 1 aromatic rings. The number of nitrogens with two attached hydrogens (primary N) is 1. The Labute approximate surface area is 135 Å². The molecule has 1 aliphatic heterocycles. The number of sulfonamides is 1. The summed E-state index contributed by atoms with van der Waals surface area (Å²) in [5.41, 5.74) is 5.85. The molecule has 0 aliphatic carbocycles. The molecule has 4 nitrogen and oxygen atoms in total. The highest BCUT2D eigenvalue weighted by molar-refractivity contribution is 7.89.